The third-order valence-electron chi connectivity index (χ3n) is 1.99. The van der Waals surface area contributed by atoms with Crippen LogP contribution in [-0.4, -0.2) is 12.2 Å². The summed E-state index contributed by atoms with van der Waals surface area (Å²) < 4.78 is 27.1. The lowest BCUT2D eigenvalue weighted by Crippen LogP contribution is -2.31. The van der Waals surface area contributed by atoms with Crippen molar-refractivity contribution >= 4 is 15.9 Å². The number of halogens is 3. The fourth-order valence-electron chi connectivity index (χ4n) is 1.15. The molecule has 1 aromatic rings. The first-order chi connectivity index (χ1) is 6.44. The number of nitrogens with two attached hydrogens (primary N) is 1. The van der Waals surface area contributed by atoms with E-state index < -0.39 is 5.67 Å². The molecule has 0 heterocycles. The Kier molecular flexibility index (Phi) is 3.61. The zero-order chi connectivity index (χ0) is 10.8. The van der Waals surface area contributed by atoms with Gasteiger partial charge in [-0.3, -0.25) is 0 Å². The summed E-state index contributed by atoms with van der Waals surface area (Å²) in [6, 6.07) is 4.21. The molecule has 0 fully saturated rings. The second-order valence-corrected chi connectivity index (χ2v) is 4.38. The van der Waals surface area contributed by atoms with Crippen molar-refractivity contribution in [3.05, 3.63) is 34.1 Å². The first-order valence-corrected chi connectivity index (χ1v) is 5.07. The molecule has 1 aromatic carbocycles. The van der Waals surface area contributed by atoms with E-state index in [1.54, 1.807) is 6.07 Å². The van der Waals surface area contributed by atoms with Gasteiger partial charge < -0.3 is 5.73 Å². The Balaban J connectivity index is 2.91. The van der Waals surface area contributed by atoms with Crippen molar-refractivity contribution in [1.82, 2.24) is 0 Å². The highest BCUT2D eigenvalue weighted by molar-refractivity contribution is 9.10. The van der Waals surface area contributed by atoms with Gasteiger partial charge in [0.05, 0.1) is 0 Å². The van der Waals surface area contributed by atoms with Crippen molar-refractivity contribution in [2.24, 2.45) is 5.73 Å². The first-order valence-electron chi connectivity index (χ1n) is 4.27. The zero-order valence-corrected chi connectivity index (χ0v) is 9.44. The van der Waals surface area contributed by atoms with Crippen LogP contribution in [0.4, 0.5) is 8.78 Å². The quantitative estimate of drug-likeness (QED) is 0.892. The topological polar surface area (TPSA) is 26.0 Å². The fraction of sp³-hybridized carbons (Fsp3) is 0.400. The van der Waals surface area contributed by atoms with Gasteiger partial charge in [0.15, 0.2) is 0 Å². The molecule has 0 radical (unpaired) electrons. The number of alkyl halides is 1. The molecule has 78 valence electrons. The molecule has 0 saturated heterocycles. The summed E-state index contributed by atoms with van der Waals surface area (Å²) in [6.07, 6.45) is 0.113. The van der Waals surface area contributed by atoms with E-state index >= 15 is 0 Å². The lowest BCUT2D eigenvalue weighted by atomic mass is 9.98. The Hall–Kier alpha value is -0.480. The van der Waals surface area contributed by atoms with Crippen molar-refractivity contribution in [3.8, 4) is 0 Å². The molecule has 1 atom stereocenters. The summed E-state index contributed by atoms with van der Waals surface area (Å²) in [6.45, 7) is 1.33. The minimum atomic E-state index is -1.49. The number of benzene rings is 1. The Morgan fingerprint density at radius 2 is 2.14 bits per heavy atom. The van der Waals surface area contributed by atoms with Gasteiger partial charge in [0, 0.05) is 17.4 Å². The molecule has 0 saturated carbocycles. The molecule has 1 rings (SSSR count). The molecule has 0 aliphatic heterocycles. The summed E-state index contributed by atoms with van der Waals surface area (Å²) in [5.41, 5.74) is 4.37. The summed E-state index contributed by atoms with van der Waals surface area (Å²) in [4.78, 5) is 0. The van der Waals surface area contributed by atoms with Crippen molar-refractivity contribution in [3.63, 3.8) is 0 Å². The Morgan fingerprint density at radius 1 is 1.50 bits per heavy atom. The maximum Gasteiger partial charge on any atom is 0.124 e. The maximum absolute atomic E-state index is 13.5. The zero-order valence-electron chi connectivity index (χ0n) is 7.86. The standard InChI is InChI=1S/C10H12BrF2N/c1-10(13,6-14)5-7-4-8(12)2-3-9(7)11/h2-4H,5-6,14H2,1H3. The average Bonchev–Trinajstić information content (AvgIpc) is 2.11. The number of hydrogen-bond acceptors (Lipinski definition) is 1. The van der Waals surface area contributed by atoms with Crippen molar-refractivity contribution in [2.75, 3.05) is 6.54 Å². The smallest absolute Gasteiger partial charge is 0.124 e. The van der Waals surface area contributed by atoms with E-state index in [2.05, 4.69) is 15.9 Å². The van der Waals surface area contributed by atoms with Crippen molar-refractivity contribution in [2.45, 2.75) is 19.0 Å². The molecular weight excluding hydrogens is 252 g/mol. The van der Waals surface area contributed by atoms with Gasteiger partial charge in [-0.25, -0.2) is 8.78 Å². The molecule has 14 heavy (non-hydrogen) atoms. The molecule has 0 aliphatic rings. The lowest BCUT2D eigenvalue weighted by molar-refractivity contribution is 0.199. The van der Waals surface area contributed by atoms with Crippen LogP contribution in [0.3, 0.4) is 0 Å². The molecule has 1 nitrogen and oxygen atoms in total. The largest absolute Gasteiger partial charge is 0.328 e. The van der Waals surface area contributed by atoms with Gasteiger partial charge in [-0.05, 0) is 30.7 Å². The Labute approximate surface area is 90.4 Å². The van der Waals surface area contributed by atoms with E-state index in [-0.39, 0.29) is 18.8 Å². The highest BCUT2D eigenvalue weighted by atomic mass is 79.9. The first kappa shape index (κ1) is 11.6. The van der Waals surface area contributed by atoms with Gasteiger partial charge >= 0.3 is 0 Å². The van der Waals surface area contributed by atoms with Crippen LogP contribution in [0, 0.1) is 5.82 Å². The second kappa shape index (κ2) is 4.36. The number of rotatable bonds is 3. The monoisotopic (exact) mass is 263 g/mol. The van der Waals surface area contributed by atoms with Gasteiger partial charge in [0.1, 0.15) is 11.5 Å². The van der Waals surface area contributed by atoms with Gasteiger partial charge in [-0.1, -0.05) is 15.9 Å². The maximum atomic E-state index is 13.5. The summed E-state index contributed by atoms with van der Waals surface area (Å²) >= 11 is 3.24. The fourth-order valence-corrected chi connectivity index (χ4v) is 1.53. The van der Waals surface area contributed by atoms with Crippen LogP contribution in [0.15, 0.2) is 22.7 Å². The second-order valence-electron chi connectivity index (χ2n) is 3.53. The summed E-state index contributed by atoms with van der Waals surface area (Å²) in [5, 5.41) is 0. The lowest BCUT2D eigenvalue weighted by Gasteiger charge is -2.18. The molecule has 0 spiro atoms. The van der Waals surface area contributed by atoms with Gasteiger partial charge in [0.2, 0.25) is 0 Å². The normalized spacial score (nSPS) is 15.2. The number of hydrogen-bond donors (Lipinski definition) is 1. The molecule has 2 N–H and O–H groups in total. The van der Waals surface area contributed by atoms with Gasteiger partial charge in [-0.15, -0.1) is 0 Å². The van der Waals surface area contributed by atoms with E-state index in [1.165, 1.54) is 19.1 Å². The van der Waals surface area contributed by atoms with E-state index in [0.717, 1.165) is 0 Å². The summed E-state index contributed by atoms with van der Waals surface area (Å²) in [7, 11) is 0. The van der Waals surface area contributed by atoms with E-state index in [9.17, 15) is 8.78 Å². The predicted octanol–water partition coefficient (Wildman–Crippen LogP) is 2.82. The van der Waals surface area contributed by atoms with Gasteiger partial charge in [-0.2, -0.15) is 0 Å². The third-order valence-corrected chi connectivity index (χ3v) is 2.77. The van der Waals surface area contributed by atoms with Crippen LogP contribution in [0.2, 0.25) is 0 Å². The van der Waals surface area contributed by atoms with Crippen LogP contribution in [0.25, 0.3) is 0 Å². The van der Waals surface area contributed by atoms with Crippen molar-refractivity contribution < 1.29 is 8.78 Å². The van der Waals surface area contributed by atoms with Gasteiger partial charge in [0.25, 0.3) is 0 Å². The highest BCUT2D eigenvalue weighted by Crippen LogP contribution is 2.24. The van der Waals surface area contributed by atoms with E-state index in [1.807, 2.05) is 0 Å². The van der Waals surface area contributed by atoms with E-state index in [0.29, 0.717) is 10.0 Å². The Bertz CT molecular complexity index is 326. The SMILES string of the molecule is CC(F)(CN)Cc1cc(F)ccc1Br. The molecule has 1 unspecified atom stereocenters. The molecule has 0 amide bonds. The molecular formula is C10H12BrF2N. The third kappa shape index (κ3) is 3.03. The minimum Gasteiger partial charge on any atom is -0.328 e. The predicted molar refractivity (Wildman–Crippen MR) is 56.4 cm³/mol. The van der Waals surface area contributed by atoms with Crippen molar-refractivity contribution in [1.29, 1.82) is 0 Å². The molecule has 4 heteroatoms. The van der Waals surface area contributed by atoms with E-state index in [4.69, 9.17) is 5.73 Å². The van der Waals surface area contributed by atoms with Crippen LogP contribution in [0.5, 0.6) is 0 Å². The minimum absolute atomic E-state index is 0.0735. The van der Waals surface area contributed by atoms with Crippen LogP contribution >= 0.6 is 15.9 Å². The molecule has 0 aliphatic carbocycles. The van der Waals surface area contributed by atoms with Crippen LogP contribution in [-0.2, 0) is 6.42 Å². The average molecular weight is 264 g/mol. The molecule has 0 aromatic heterocycles. The highest BCUT2D eigenvalue weighted by Gasteiger charge is 2.22. The molecule has 0 bridgehead atoms. The van der Waals surface area contributed by atoms with Crippen LogP contribution < -0.4 is 5.73 Å². The Morgan fingerprint density at radius 3 is 2.71 bits per heavy atom. The van der Waals surface area contributed by atoms with Crippen LogP contribution in [0.1, 0.15) is 12.5 Å². The summed E-state index contributed by atoms with van der Waals surface area (Å²) in [5.74, 6) is -0.365.